The lowest BCUT2D eigenvalue weighted by atomic mass is 10.1. The summed E-state index contributed by atoms with van der Waals surface area (Å²) in [6, 6.07) is 7.79. The molecule has 0 unspecified atom stereocenters. The number of anilines is 2. The minimum absolute atomic E-state index is 0.0681. The van der Waals surface area contributed by atoms with Gasteiger partial charge in [0.2, 0.25) is 5.91 Å². The van der Waals surface area contributed by atoms with E-state index in [4.69, 9.17) is 0 Å². The minimum atomic E-state index is -0.0681. The Morgan fingerprint density at radius 2 is 2.16 bits per heavy atom. The number of nitrogens with zero attached hydrogens (tertiary/aromatic N) is 2. The van der Waals surface area contributed by atoms with Crippen molar-refractivity contribution in [1.82, 2.24) is 9.78 Å². The van der Waals surface area contributed by atoms with Crippen LogP contribution in [0.15, 0.2) is 30.5 Å². The molecule has 5 nitrogen and oxygen atoms in total. The zero-order chi connectivity index (χ0) is 13.8. The Hall–Kier alpha value is -2.30. The smallest absolute Gasteiger partial charge is 0.221 e. The fourth-order valence-corrected chi connectivity index (χ4v) is 1.85. The number of hydrogen-bond acceptors (Lipinski definition) is 3. The third kappa shape index (κ3) is 3.34. The van der Waals surface area contributed by atoms with Crippen molar-refractivity contribution in [1.29, 1.82) is 0 Å². The molecule has 0 radical (unpaired) electrons. The molecule has 100 valence electrons. The number of carbonyl (C=O) groups is 1. The lowest BCUT2D eigenvalue weighted by Gasteiger charge is -2.12. The first-order valence-electron chi connectivity index (χ1n) is 6.15. The largest absolute Gasteiger partial charge is 0.379 e. The van der Waals surface area contributed by atoms with Gasteiger partial charge in [0.1, 0.15) is 0 Å². The molecule has 19 heavy (non-hydrogen) atoms. The molecule has 0 saturated carbocycles. The van der Waals surface area contributed by atoms with Crippen molar-refractivity contribution in [3.63, 3.8) is 0 Å². The third-order valence-electron chi connectivity index (χ3n) is 2.94. The summed E-state index contributed by atoms with van der Waals surface area (Å²) in [7, 11) is 1.91. The van der Waals surface area contributed by atoms with Crippen LogP contribution in [0.3, 0.4) is 0 Å². The van der Waals surface area contributed by atoms with Gasteiger partial charge >= 0.3 is 0 Å². The summed E-state index contributed by atoms with van der Waals surface area (Å²) in [4.78, 5) is 11.1. The zero-order valence-corrected chi connectivity index (χ0v) is 11.4. The molecule has 2 aromatic rings. The Morgan fingerprint density at radius 3 is 2.79 bits per heavy atom. The summed E-state index contributed by atoms with van der Waals surface area (Å²) < 4.78 is 1.83. The lowest BCUT2D eigenvalue weighted by Crippen LogP contribution is -2.08. The van der Waals surface area contributed by atoms with Crippen LogP contribution in [0.1, 0.15) is 18.2 Å². The monoisotopic (exact) mass is 258 g/mol. The lowest BCUT2D eigenvalue weighted by molar-refractivity contribution is -0.114. The van der Waals surface area contributed by atoms with Gasteiger partial charge in [0.05, 0.1) is 12.2 Å². The van der Waals surface area contributed by atoms with Crippen molar-refractivity contribution in [2.45, 2.75) is 20.4 Å². The summed E-state index contributed by atoms with van der Waals surface area (Å²) in [6.45, 7) is 4.23. The second-order valence-electron chi connectivity index (χ2n) is 4.51. The Labute approximate surface area is 112 Å². The van der Waals surface area contributed by atoms with Crippen molar-refractivity contribution < 1.29 is 4.79 Å². The van der Waals surface area contributed by atoms with E-state index in [1.807, 2.05) is 42.9 Å². The molecule has 0 aliphatic heterocycles. The van der Waals surface area contributed by atoms with E-state index in [2.05, 4.69) is 15.7 Å². The van der Waals surface area contributed by atoms with Crippen LogP contribution in [0.25, 0.3) is 0 Å². The number of aryl methyl sites for hydroxylation is 2. The van der Waals surface area contributed by atoms with Gasteiger partial charge in [0.25, 0.3) is 0 Å². The summed E-state index contributed by atoms with van der Waals surface area (Å²) >= 11 is 0. The van der Waals surface area contributed by atoms with E-state index in [-0.39, 0.29) is 5.91 Å². The highest BCUT2D eigenvalue weighted by Gasteiger charge is 2.03. The van der Waals surface area contributed by atoms with E-state index in [1.165, 1.54) is 6.92 Å². The molecular weight excluding hydrogens is 240 g/mol. The number of carbonyl (C=O) groups excluding carboxylic acids is 1. The van der Waals surface area contributed by atoms with Crippen LogP contribution in [-0.2, 0) is 18.4 Å². The normalized spacial score (nSPS) is 10.3. The van der Waals surface area contributed by atoms with Crippen LogP contribution in [0.5, 0.6) is 0 Å². The fourth-order valence-electron chi connectivity index (χ4n) is 1.85. The van der Waals surface area contributed by atoms with E-state index in [0.717, 1.165) is 22.6 Å². The number of hydrogen-bond donors (Lipinski definition) is 2. The van der Waals surface area contributed by atoms with Crippen LogP contribution >= 0.6 is 0 Å². The molecule has 0 fully saturated rings. The maximum Gasteiger partial charge on any atom is 0.221 e. The fraction of sp³-hybridized carbons (Fsp3) is 0.286. The van der Waals surface area contributed by atoms with Crippen molar-refractivity contribution in [2.24, 2.45) is 7.05 Å². The SMILES string of the molecule is CC(=O)Nc1ccc(C)c(NCc2ccnn2C)c1. The van der Waals surface area contributed by atoms with E-state index < -0.39 is 0 Å². The highest BCUT2D eigenvalue weighted by atomic mass is 16.1. The average molecular weight is 258 g/mol. The molecule has 2 rings (SSSR count). The van der Waals surface area contributed by atoms with Crippen molar-refractivity contribution >= 4 is 17.3 Å². The molecule has 1 aromatic heterocycles. The van der Waals surface area contributed by atoms with Gasteiger partial charge in [-0.05, 0) is 30.7 Å². The van der Waals surface area contributed by atoms with Crippen LogP contribution in [-0.4, -0.2) is 15.7 Å². The average Bonchev–Trinajstić information content (AvgIpc) is 2.75. The quantitative estimate of drug-likeness (QED) is 0.884. The summed E-state index contributed by atoms with van der Waals surface area (Å²) in [5.41, 5.74) is 4.04. The second-order valence-corrected chi connectivity index (χ2v) is 4.51. The van der Waals surface area contributed by atoms with Crippen LogP contribution in [0, 0.1) is 6.92 Å². The van der Waals surface area contributed by atoms with Gasteiger partial charge in [0.15, 0.2) is 0 Å². The number of rotatable bonds is 4. The highest BCUT2D eigenvalue weighted by Crippen LogP contribution is 2.20. The van der Waals surface area contributed by atoms with Gasteiger partial charge in [-0.2, -0.15) is 5.10 Å². The predicted molar refractivity (Wildman–Crippen MR) is 76.0 cm³/mol. The number of amides is 1. The Morgan fingerprint density at radius 1 is 1.37 bits per heavy atom. The first-order valence-corrected chi connectivity index (χ1v) is 6.15. The molecule has 0 aliphatic rings. The Bertz CT molecular complexity index is 589. The molecular formula is C14H18N4O. The molecule has 0 saturated heterocycles. The van der Waals surface area contributed by atoms with Gasteiger partial charge in [-0.1, -0.05) is 6.07 Å². The Kier molecular flexibility index (Phi) is 3.85. The third-order valence-corrected chi connectivity index (χ3v) is 2.94. The standard InChI is InChI=1S/C14H18N4O/c1-10-4-5-12(17-11(2)19)8-14(10)15-9-13-6-7-16-18(13)3/h4-8,15H,9H2,1-3H3,(H,17,19). The predicted octanol–water partition coefficient (Wildman–Crippen LogP) is 2.30. The summed E-state index contributed by atoms with van der Waals surface area (Å²) in [5, 5.41) is 10.3. The molecule has 0 bridgehead atoms. The van der Waals surface area contributed by atoms with Gasteiger partial charge in [-0.25, -0.2) is 0 Å². The molecule has 2 N–H and O–H groups in total. The van der Waals surface area contributed by atoms with E-state index in [1.54, 1.807) is 6.20 Å². The van der Waals surface area contributed by atoms with E-state index in [9.17, 15) is 4.79 Å². The number of benzene rings is 1. The molecule has 5 heteroatoms. The summed E-state index contributed by atoms with van der Waals surface area (Å²) in [6.07, 6.45) is 1.78. The maximum atomic E-state index is 11.1. The van der Waals surface area contributed by atoms with Gasteiger partial charge in [-0.15, -0.1) is 0 Å². The van der Waals surface area contributed by atoms with E-state index >= 15 is 0 Å². The second kappa shape index (κ2) is 5.56. The van der Waals surface area contributed by atoms with Crippen LogP contribution in [0.2, 0.25) is 0 Å². The summed E-state index contributed by atoms with van der Waals surface area (Å²) in [5.74, 6) is -0.0681. The topological polar surface area (TPSA) is 59.0 Å². The Balaban J connectivity index is 2.11. The molecule has 0 atom stereocenters. The van der Waals surface area contributed by atoms with Gasteiger partial charge < -0.3 is 10.6 Å². The molecule has 1 heterocycles. The minimum Gasteiger partial charge on any atom is -0.379 e. The highest BCUT2D eigenvalue weighted by molar-refractivity contribution is 5.89. The zero-order valence-electron chi connectivity index (χ0n) is 11.4. The molecule has 1 amide bonds. The van der Waals surface area contributed by atoms with Crippen molar-refractivity contribution in [3.8, 4) is 0 Å². The molecule has 0 spiro atoms. The first kappa shape index (κ1) is 13.1. The van der Waals surface area contributed by atoms with Gasteiger partial charge in [-0.3, -0.25) is 9.48 Å². The van der Waals surface area contributed by atoms with Crippen LogP contribution in [0.4, 0.5) is 11.4 Å². The molecule has 0 aliphatic carbocycles. The van der Waals surface area contributed by atoms with Gasteiger partial charge in [0, 0.05) is 31.5 Å². The maximum absolute atomic E-state index is 11.1. The van der Waals surface area contributed by atoms with Crippen LogP contribution < -0.4 is 10.6 Å². The first-order chi connectivity index (χ1) is 9.06. The van der Waals surface area contributed by atoms with E-state index in [0.29, 0.717) is 6.54 Å². The van der Waals surface area contributed by atoms with Crippen molar-refractivity contribution in [2.75, 3.05) is 10.6 Å². The number of aromatic nitrogens is 2. The molecule has 1 aromatic carbocycles. The van der Waals surface area contributed by atoms with Crippen molar-refractivity contribution in [3.05, 3.63) is 41.7 Å². The number of nitrogens with one attached hydrogen (secondary N) is 2.